The van der Waals surface area contributed by atoms with Gasteiger partial charge in [0.1, 0.15) is 24.8 Å². The maximum atomic E-state index is 13.5. The number of nitrogens with one attached hydrogen (secondary N) is 3. The van der Waals surface area contributed by atoms with Crippen LogP contribution in [0.15, 0.2) is 0 Å². The first-order valence-electron chi connectivity index (χ1n) is 17.6. The molecule has 266 valence electrons. The molecule has 4 N–H and O–H groups in total. The zero-order valence-electron chi connectivity index (χ0n) is 29.7. The Morgan fingerprint density at radius 2 is 1.22 bits per heavy atom. The normalized spacial score (nSPS) is 26.9. The van der Waals surface area contributed by atoms with Gasteiger partial charge in [-0.2, -0.15) is 0 Å². The molecule has 0 saturated carbocycles. The predicted octanol–water partition coefficient (Wildman–Crippen LogP) is 4.58. The van der Waals surface area contributed by atoms with E-state index in [1.807, 2.05) is 0 Å². The monoisotopic (exact) mass is 653 g/mol. The number of unbranched alkanes of at least 4 members (excludes halogenated alkanes) is 10. The maximum absolute atomic E-state index is 13.5. The fourth-order valence-corrected chi connectivity index (χ4v) is 5.73. The molecule has 0 aromatic heterocycles. The number of amides is 3. The molecular weight excluding hydrogens is 590 g/mol. The molecule has 1 aliphatic rings. The van der Waals surface area contributed by atoms with Gasteiger partial charge in [-0.1, -0.05) is 113 Å². The number of ether oxygens (including phenoxy) is 2. The van der Waals surface area contributed by atoms with Crippen molar-refractivity contribution in [3.05, 3.63) is 0 Å². The first-order valence-corrected chi connectivity index (χ1v) is 17.6. The molecule has 1 fully saturated rings. The van der Waals surface area contributed by atoms with Gasteiger partial charge >= 0.3 is 11.9 Å². The molecule has 0 radical (unpaired) electrons. The highest BCUT2D eigenvalue weighted by Crippen LogP contribution is 2.25. The van der Waals surface area contributed by atoms with Crippen molar-refractivity contribution in [1.29, 1.82) is 0 Å². The van der Waals surface area contributed by atoms with Gasteiger partial charge in [-0.3, -0.25) is 19.2 Å². The number of hydrogen-bond acceptors (Lipinski definition) is 8. The summed E-state index contributed by atoms with van der Waals surface area (Å²) in [4.78, 5) is 65.2. The number of carbonyl (C=O) groups is 5. The summed E-state index contributed by atoms with van der Waals surface area (Å²) in [7, 11) is 0. The Kier molecular flexibility index (Phi) is 19.8. The second-order valence-electron chi connectivity index (χ2n) is 13.8. The SMILES string of the molecule is CCCCCCCCCCCCCC1OC(=O)C(COC(C)=O)NC(=O)[C@H](C(C)C)NC(=O)C(C(C)C)NC(=O)[C@H](C)[C@H](O)[C@H]1C. The summed E-state index contributed by atoms with van der Waals surface area (Å²) in [6.45, 7) is 13.3. The van der Waals surface area contributed by atoms with Crippen LogP contribution in [0, 0.1) is 23.7 Å². The van der Waals surface area contributed by atoms with Crippen LogP contribution in [0.3, 0.4) is 0 Å². The quantitative estimate of drug-likeness (QED) is 0.139. The molecule has 46 heavy (non-hydrogen) atoms. The number of carbonyl (C=O) groups excluding carboxylic acids is 5. The molecule has 0 bridgehead atoms. The number of rotatable bonds is 16. The summed E-state index contributed by atoms with van der Waals surface area (Å²) in [5, 5.41) is 19.4. The van der Waals surface area contributed by atoms with Crippen LogP contribution in [0.25, 0.3) is 0 Å². The Balaban J connectivity index is 3.19. The van der Waals surface area contributed by atoms with Crippen LogP contribution in [-0.2, 0) is 33.4 Å². The van der Waals surface area contributed by atoms with E-state index in [1.165, 1.54) is 51.9 Å². The van der Waals surface area contributed by atoms with E-state index in [2.05, 4.69) is 22.9 Å². The van der Waals surface area contributed by atoms with Crippen LogP contribution in [0.2, 0.25) is 0 Å². The number of hydrogen-bond donors (Lipinski definition) is 4. The number of esters is 2. The minimum absolute atomic E-state index is 0.312. The molecule has 3 unspecified atom stereocenters. The second kappa shape index (κ2) is 22.0. The smallest absolute Gasteiger partial charge is 0.332 e. The van der Waals surface area contributed by atoms with Crippen molar-refractivity contribution >= 4 is 29.7 Å². The standard InChI is InChI=1S/C35H63N3O8/c1-9-10-11-12-13-14-15-16-17-18-19-20-28-24(6)31(40)25(7)32(41)37-30(23(4)5)34(43)38-29(22(2)3)33(42)36-27(35(44)46-28)21-45-26(8)39/h22-25,27-31,40H,9-21H2,1-8H3,(H,36,42)(H,37,41)(H,38,43)/t24-,25+,27?,28?,29-,30?,31+/m0/s1. The lowest BCUT2D eigenvalue weighted by atomic mass is 9.86. The third kappa shape index (κ3) is 14.8. The molecule has 1 saturated heterocycles. The van der Waals surface area contributed by atoms with Crippen LogP contribution in [-0.4, -0.2) is 71.7 Å². The first kappa shape index (κ1) is 41.3. The number of aliphatic hydroxyl groups excluding tert-OH is 1. The van der Waals surface area contributed by atoms with E-state index in [1.54, 1.807) is 41.5 Å². The minimum Gasteiger partial charge on any atom is -0.463 e. The van der Waals surface area contributed by atoms with Crippen molar-refractivity contribution in [2.24, 2.45) is 23.7 Å². The Morgan fingerprint density at radius 1 is 0.761 bits per heavy atom. The third-order valence-electron chi connectivity index (χ3n) is 8.96. The Labute approximate surface area is 277 Å². The largest absolute Gasteiger partial charge is 0.463 e. The summed E-state index contributed by atoms with van der Waals surface area (Å²) in [6, 6.07) is -3.34. The van der Waals surface area contributed by atoms with Gasteiger partial charge in [0.25, 0.3) is 0 Å². The van der Waals surface area contributed by atoms with Gasteiger partial charge in [-0.15, -0.1) is 0 Å². The van der Waals surface area contributed by atoms with E-state index >= 15 is 0 Å². The van der Waals surface area contributed by atoms with Crippen molar-refractivity contribution < 1.29 is 38.6 Å². The van der Waals surface area contributed by atoms with E-state index in [0.717, 1.165) is 25.7 Å². The molecule has 11 nitrogen and oxygen atoms in total. The van der Waals surface area contributed by atoms with Crippen LogP contribution in [0.1, 0.15) is 132 Å². The fourth-order valence-electron chi connectivity index (χ4n) is 5.73. The van der Waals surface area contributed by atoms with E-state index in [4.69, 9.17) is 9.47 Å². The van der Waals surface area contributed by atoms with Gasteiger partial charge in [0.15, 0.2) is 6.04 Å². The van der Waals surface area contributed by atoms with Gasteiger partial charge in [-0.05, 0) is 24.7 Å². The predicted molar refractivity (Wildman–Crippen MR) is 177 cm³/mol. The van der Waals surface area contributed by atoms with Crippen LogP contribution in [0.5, 0.6) is 0 Å². The van der Waals surface area contributed by atoms with Crippen molar-refractivity contribution in [1.82, 2.24) is 16.0 Å². The third-order valence-corrected chi connectivity index (χ3v) is 8.96. The van der Waals surface area contributed by atoms with Gasteiger partial charge in [-0.25, -0.2) is 4.79 Å². The highest BCUT2D eigenvalue weighted by Gasteiger charge is 2.39. The lowest BCUT2D eigenvalue weighted by molar-refractivity contribution is -0.162. The van der Waals surface area contributed by atoms with Crippen molar-refractivity contribution in [2.45, 2.75) is 163 Å². The summed E-state index contributed by atoms with van der Waals surface area (Å²) in [5.74, 6) is -5.41. The zero-order valence-corrected chi connectivity index (χ0v) is 29.7. The molecule has 0 aliphatic carbocycles. The van der Waals surface area contributed by atoms with E-state index in [9.17, 15) is 29.1 Å². The molecule has 1 heterocycles. The Morgan fingerprint density at radius 3 is 1.70 bits per heavy atom. The molecule has 3 amide bonds. The molecule has 0 aromatic rings. The minimum atomic E-state index is -1.33. The van der Waals surface area contributed by atoms with E-state index in [0.29, 0.717) is 6.42 Å². The Hall–Kier alpha value is -2.69. The molecule has 11 heteroatoms. The summed E-state index contributed by atoms with van der Waals surface area (Å²) in [6.07, 6.45) is 11.2. The molecule has 0 spiro atoms. The van der Waals surface area contributed by atoms with E-state index < -0.39 is 78.4 Å². The van der Waals surface area contributed by atoms with Crippen LogP contribution >= 0.6 is 0 Å². The topological polar surface area (TPSA) is 160 Å². The molecule has 1 aliphatic heterocycles. The van der Waals surface area contributed by atoms with Gasteiger partial charge in [0.2, 0.25) is 17.7 Å². The highest BCUT2D eigenvalue weighted by atomic mass is 16.6. The molecule has 7 atom stereocenters. The average Bonchev–Trinajstić information content (AvgIpc) is 3.00. The van der Waals surface area contributed by atoms with Crippen LogP contribution < -0.4 is 16.0 Å². The van der Waals surface area contributed by atoms with Crippen LogP contribution in [0.4, 0.5) is 0 Å². The fraction of sp³-hybridized carbons (Fsp3) is 0.857. The number of cyclic esters (lactones) is 1. The maximum Gasteiger partial charge on any atom is 0.332 e. The van der Waals surface area contributed by atoms with Gasteiger partial charge in [0.05, 0.1) is 12.0 Å². The van der Waals surface area contributed by atoms with Crippen molar-refractivity contribution in [3.63, 3.8) is 0 Å². The lowest BCUT2D eigenvalue weighted by Gasteiger charge is -2.32. The summed E-state index contributed by atoms with van der Waals surface area (Å²) >= 11 is 0. The van der Waals surface area contributed by atoms with Gasteiger partial charge < -0.3 is 30.5 Å². The molecule has 1 rings (SSSR count). The van der Waals surface area contributed by atoms with Gasteiger partial charge in [0, 0.05) is 12.8 Å². The number of aliphatic hydroxyl groups is 1. The Bertz CT molecular complexity index is 956. The lowest BCUT2D eigenvalue weighted by Crippen LogP contribution is -2.59. The second-order valence-corrected chi connectivity index (χ2v) is 13.8. The average molecular weight is 654 g/mol. The highest BCUT2D eigenvalue weighted by molar-refractivity contribution is 5.94. The summed E-state index contributed by atoms with van der Waals surface area (Å²) < 4.78 is 11.0. The van der Waals surface area contributed by atoms with E-state index in [-0.39, 0.29) is 11.8 Å². The summed E-state index contributed by atoms with van der Waals surface area (Å²) in [5.41, 5.74) is 0. The van der Waals surface area contributed by atoms with Crippen molar-refractivity contribution in [2.75, 3.05) is 6.61 Å². The molecule has 0 aromatic carbocycles. The molecular formula is C35H63N3O8. The zero-order chi connectivity index (χ0) is 34.8. The van der Waals surface area contributed by atoms with Crippen molar-refractivity contribution in [3.8, 4) is 0 Å². The first-order chi connectivity index (χ1) is 21.7.